The smallest absolute Gasteiger partial charge is 0.260 e. The van der Waals surface area contributed by atoms with E-state index in [9.17, 15) is 4.79 Å². The molecule has 2 heterocycles. The zero-order valence-electron chi connectivity index (χ0n) is 18.7. The standard InChI is InChI=1S/C26H29N3O3/c1-19-27-16-22(15-20-9-4-3-5-10-20)26(28-19)21-11-8-14-29(17-21)25(30)18-32-24-13-7-6-12-23(24)31-2/h3-7,9-10,12-13,16,21H,8,11,14-15,17-18H2,1-2H3. The Morgan fingerprint density at radius 2 is 1.84 bits per heavy atom. The third-order valence-electron chi connectivity index (χ3n) is 5.84. The number of aromatic nitrogens is 2. The summed E-state index contributed by atoms with van der Waals surface area (Å²) in [7, 11) is 1.59. The van der Waals surface area contributed by atoms with Gasteiger partial charge < -0.3 is 14.4 Å². The van der Waals surface area contributed by atoms with Gasteiger partial charge in [-0.25, -0.2) is 9.97 Å². The molecule has 6 nitrogen and oxygen atoms in total. The van der Waals surface area contributed by atoms with Crippen LogP contribution in [0.2, 0.25) is 0 Å². The minimum atomic E-state index is -0.0176. The summed E-state index contributed by atoms with van der Waals surface area (Å²) in [6, 6.07) is 17.7. The summed E-state index contributed by atoms with van der Waals surface area (Å²) in [6.07, 6.45) is 4.68. The number of carbonyl (C=O) groups excluding carboxylic acids is 1. The molecule has 0 aliphatic carbocycles. The maximum atomic E-state index is 12.9. The molecule has 1 amide bonds. The molecule has 0 spiro atoms. The molecule has 2 aromatic carbocycles. The molecule has 1 unspecified atom stereocenters. The van der Waals surface area contributed by atoms with Crippen LogP contribution in [-0.2, 0) is 11.2 Å². The van der Waals surface area contributed by atoms with E-state index in [2.05, 4.69) is 17.1 Å². The number of likely N-dealkylation sites (tertiary alicyclic amines) is 1. The number of hydrogen-bond donors (Lipinski definition) is 0. The summed E-state index contributed by atoms with van der Waals surface area (Å²) >= 11 is 0. The molecule has 166 valence electrons. The summed E-state index contributed by atoms with van der Waals surface area (Å²) in [5, 5.41) is 0. The molecule has 1 aliphatic heterocycles. The van der Waals surface area contributed by atoms with Gasteiger partial charge in [-0.15, -0.1) is 0 Å². The second kappa shape index (κ2) is 10.3. The van der Waals surface area contributed by atoms with Gasteiger partial charge in [0, 0.05) is 31.6 Å². The third kappa shape index (κ3) is 5.25. The lowest BCUT2D eigenvalue weighted by Gasteiger charge is -2.33. The number of benzene rings is 2. The van der Waals surface area contributed by atoms with Crippen molar-refractivity contribution >= 4 is 5.91 Å². The van der Waals surface area contributed by atoms with Crippen LogP contribution >= 0.6 is 0 Å². The van der Waals surface area contributed by atoms with Crippen LogP contribution in [-0.4, -0.2) is 47.6 Å². The second-order valence-electron chi connectivity index (χ2n) is 8.11. The average Bonchev–Trinajstić information content (AvgIpc) is 2.84. The first kappa shape index (κ1) is 21.8. The molecule has 1 aliphatic rings. The Kier molecular flexibility index (Phi) is 7.00. The Bertz CT molecular complexity index is 1060. The van der Waals surface area contributed by atoms with Gasteiger partial charge in [-0.05, 0) is 43.0 Å². The third-order valence-corrected chi connectivity index (χ3v) is 5.84. The highest BCUT2D eigenvalue weighted by Gasteiger charge is 2.28. The van der Waals surface area contributed by atoms with Gasteiger partial charge in [-0.2, -0.15) is 0 Å². The molecule has 3 aromatic rings. The van der Waals surface area contributed by atoms with Crippen LogP contribution in [0.4, 0.5) is 0 Å². The van der Waals surface area contributed by atoms with Gasteiger partial charge in [0.15, 0.2) is 18.1 Å². The molecule has 0 radical (unpaired) electrons. The van der Waals surface area contributed by atoms with Crippen molar-refractivity contribution in [3.05, 3.63) is 83.4 Å². The normalized spacial score (nSPS) is 15.9. The number of hydrogen-bond acceptors (Lipinski definition) is 5. The van der Waals surface area contributed by atoms with Crippen LogP contribution in [0.1, 0.15) is 41.4 Å². The first-order valence-electron chi connectivity index (χ1n) is 11.0. The molecule has 32 heavy (non-hydrogen) atoms. The lowest BCUT2D eigenvalue weighted by molar-refractivity contribution is -0.134. The number of para-hydroxylation sites is 2. The summed E-state index contributed by atoms with van der Waals surface area (Å²) in [5.74, 6) is 2.14. The average molecular weight is 432 g/mol. The molecular weight excluding hydrogens is 402 g/mol. The van der Waals surface area contributed by atoms with E-state index in [4.69, 9.17) is 14.5 Å². The Morgan fingerprint density at radius 1 is 1.09 bits per heavy atom. The number of piperidine rings is 1. The van der Waals surface area contributed by atoms with Crippen molar-refractivity contribution in [1.29, 1.82) is 0 Å². The lowest BCUT2D eigenvalue weighted by atomic mass is 9.90. The predicted molar refractivity (Wildman–Crippen MR) is 123 cm³/mol. The van der Waals surface area contributed by atoms with E-state index in [-0.39, 0.29) is 18.4 Å². The van der Waals surface area contributed by atoms with Gasteiger partial charge in [0.2, 0.25) is 0 Å². The Balaban J connectivity index is 1.45. The van der Waals surface area contributed by atoms with Crippen molar-refractivity contribution in [3.8, 4) is 11.5 Å². The first-order valence-corrected chi connectivity index (χ1v) is 11.0. The number of carbonyl (C=O) groups is 1. The number of methoxy groups -OCH3 is 1. The first-order chi connectivity index (χ1) is 15.6. The number of amides is 1. The SMILES string of the molecule is COc1ccccc1OCC(=O)N1CCCC(c2nc(C)ncc2Cc2ccccc2)C1. The molecule has 6 heteroatoms. The topological polar surface area (TPSA) is 64.6 Å². The predicted octanol–water partition coefficient (Wildman–Crippen LogP) is 4.17. The molecule has 0 N–H and O–H groups in total. The highest BCUT2D eigenvalue weighted by atomic mass is 16.5. The fourth-order valence-electron chi connectivity index (χ4n) is 4.21. The monoisotopic (exact) mass is 431 g/mol. The van der Waals surface area contributed by atoms with Gasteiger partial charge in [-0.1, -0.05) is 42.5 Å². The van der Waals surface area contributed by atoms with E-state index in [1.165, 1.54) is 5.56 Å². The van der Waals surface area contributed by atoms with E-state index < -0.39 is 0 Å². The molecule has 1 saturated heterocycles. The van der Waals surface area contributed by atoms with Gasteiger partial charge in [-0.3, -0.25) is 4.79 Å². The van der Waals surface area contributed by atoms with Gasteiger partial charge in [0.25, 0.3) is 5.91 Å². The van der Waals surface area contributed by atoms with Crippen LogP contribution in [0.3, 0.4) is 0 Å². The largest absolute Gasteiger partial charge is 0.493 e. The summed E-state index contributed by atoms with van der Waals surface area (Å²) < 4.78 is 11.1. The fraction of sp³-hybridized carbons (Fsp3) is 0.346. The van der Waals surface area contributed by atoms with E-state index in [1.807, 2.05) is 60.5 Å². The van der Waals surface area contributed by atoms with Crippen molar-refractivity contribution in [3.63, 3.8) is 0 Å². The Morgan fingerprint density at radius 3 is 2.62 bits per heavy atom. The Labute approximate surface area is 189 Å². The lowest BCUT2D eigenvalue weighted by Crippen LogP contribution is -2.42. The van der Waals surface area contributed by atoms with E-state index in [1.54, 1.807) is 7.11 Å². The maximum absolute atomic E-state index is 12.9. The number of nitrogens with zero attached hydrogens (tertiary/aromatic N) is 3. The van der Waals surface area contributed by atoms with E-state index in [0.717, 1.165) is 42.9 Å². The summed E-state index contributed by atoms with van der Waals surface area (Å²) in [4.78, 5) is 24.1. The summed E-state index contributed by atoms with van der Waals surface area (Å²) in [5.41, 5.74) is 3.42. The number of ether oxygens (including phenoxy) is 2. The molecule has 1 aromatic heterocycles. The van der Waals surface area contributed by atoms with Crippen LogP contribution in [0.15, 0.2) is 60.8 Å². The number of aryl methyl sites for hydroxylation is 1. The van der Waals surface area contributed by atoms with Crippen LogP contribution < -0.4 is 9.47 Å². The zero-order valence-corrected chi connectivity index (χ0v) is 18.7. The maximum Gasteiger partial charge on any atom is 0.260 e. The van der Waals surface area contributed by atoms with Crippen LogP contribution in [0.5, 0.6) is 11.5 Å². The van der Waals surface area contributed by atoms with E-state index >= 15 is 0 Å². The quantitative estimate of drug-likeness (QED) is 0.562. The van der Waals surface area contributed by atoms with Crippen molar-refractivity contribution in [2.45, 2.75) is 32.1 Å². The molecule has 1 atom stereocenters. The van der Waals surface area contributed by atoms with Gasteiger partial charge >= 0.3 is 0 Å². The number of rotatable bonds is 7. The zero-order chi connectivity index (χ0) is 22.3. The van der Waals surface area contributed by atoms with Crippen LogP contribution in [0.25, 0.3) is 0 Å². The van der Waals surface area contributed by atoms with Crippen molar-refractivity contribution in [2.75, 3.05) is 26.8 Å². The second-order valence-corrected chi connectivity index (χ2v) is 8.11. The van der Waals surface area contributed by atoms with Gasteiger partial charge in [0.05, 0.1) is 12.8 Å². The fourth-order valence-corrected chi connectivity index (χ4v) is 4.21. The molecule has 4 rings (SSSR count). The summed E-state index contributed by atoms with van der Waals surface area (Å²) in [6.45, 7) is 3.30. The minimum Gasteiger partial charge on any atom is -0.493 e. The molecular formula is C26H29N3O3. The molecule has 0 saturated carbocycles. The highest BCUT2D eigenvalue weighted by molar-refractivity contribution is 5.78. The molecule has 0 bridgehead atoms. The molecule has 1 fully saturated rings. The van der Waals surface area contributed by atoms with Crippen LogP contribution in [0, 0.1) is 6.92 Å². The minimum absolute atomic E-state index is 0.00718. The highest BCUT2D eigenvalue weighted by Crippen LogP contribution is 2.30. The Hall–Kier alpha value is -3.41. The van der Waals surface area contributed by atoms with Gasteiger partial charge in [0.1, 0.15) is 5.82 Å². The van der Waals surface area contributed by atoms with Crippen molar-refractivity contribution in [2.24, 2.45) is 0 Å². The van der Waals surface area contributed by atoms with Crippen molar-refractivity contribution < 1.29 is 14.3 Å². The van der Waals surface area contributed by atoms with Crippen molar-refractivity contribution in [1.82, 2.24) is 14.9 Å². The van der Waals surface area contributed by atoms with E-state index in [0.29, 0.717) is 18.0 Å².